The quantitative estimate of drug-likeness (QED) is 0.906. The Kier molecular flexibility index (Phi) is 3.25. The fourth-order valence-corrected chi connectivity index (χ4v) is 2.69. The Hall–Kier alpha value is -2.56. The third-order valence-electron chi connectivity index (χ3n) is 3.81. The molecule has 2 atom stereocenters. The number of hydrogen-bond donors (Lipinski definition) is 2. The molecule has 0 fully saturated rings. The average Bonchev–Trinajstić information content (AvgIpc) is 2.92. The van der Waals surface area contributed by atoms with Gasteiger partial charge in [0.2, 0.25) is 5.76 Å². The summed E-state index contributed by atoms with van der Waals surface area (Å²) in [6.07, 6.45) is 0.384. The van der Waals surface area contributed by atoms with Gasteiger partial charge < -0.3 is 14.8 Å². The van der Waals surface area contributed by atoms with E-state index < -0.39 is 5.97 Å². The number of anilines is 1. The molecule has 2 aromatic rings. The predicted octanol–water partition coefficient (Wildman–Crippen LogP) is 2.83. The van der Waals surface area contributed by atoms with Gasteiger partial charge in [0.05, 0.1) is 0 Å². The second-order valence-electron chi connectivity index (χ2n) is 5.22. The fourth-order valence-electron chi connectivity index (χ4n) is 2.69. The predicted molar refractivity (Wildman–Crippen MR) is 76.7 cm³/mol. The zero-order valence-electron chi connectivity index (χ0n) is 11.5. The Bertz CT molecular complexity index is 704. The number of carboxylic acids is 1. The molecule has 5 heteroatoms. The van der Waals surface area contributed by atoms with Crippen molar-refractivity contribution < 1.29 is 19.1 Å². The minimum Gasteiger partial charge on any atom is -0.475 e. The van der Waals surface area contributed by atoms with E-state index in [0.717, 1.165) is 5.69 Å². The van der Waals surface area contributed by atoms with E-state index in [9.17, 15) is 9.59 Å². The van der Waals surface area contributed by atoms with Crippen molar-refractivity contribution in [3.63, 3.8) is 0 Å². The minimum atomic E-state index is -1.10. The number of rotatable bonds is 3. The minimum absolute atomic E-state index is 0.0363. The van der Waals surface area contributed by atoms with Crippen LogP contribution in [0, 0.1) is 5.92 Å². The summed E-state index contributed by atoms with van der Waals surface area (Å²) in [4.78, 5) is 23.4. The smallest absolute Gasteiger partial charge is 0.371 e. The molecule has 0 spiro atoms. The van der Waals surface area contributed by atoms with Crippen molar-refractivity contribution in [3.8, 4) is 0 Å². The molecule has 2 N–H and O–H groups in total. The van der Waals surface area contributed by atoms with Crippen LogP contribution in [0.4, 0.5) is 5.69 Å². The van der Waals surface area contributed by atoms with Gasteiger partial charge in [0.1, 0.15) is 5.76 Å². The lowest BCUT2D eigenvalue weighted by Crippen LogP contribution is -2.38. The average molecular weight is 285 g/mol. The number of hydrogen-bond acceptors (Lipinski definition) is 4. The van der Waals surface area contributed by atoms with Gasteiger partial charge in [-0.15, -0.1) is 0 Å². The Labute approximate surface area is 121 Å². The van der Waals surface area contributed by atoms with Crippen LogP contribution in [0.1, 0.15) is 33.6 Å². The van der Waals surface area contributed by atoms with Gasteiger partial charge >= 0.3 is 5.97 Å². The summed E-state index contributed by atoms with van der Waals surface area (Å²) in [6.45, 7) is 1.94. The molecule has 0 radical (unpaired) electrons. The molecule has 1 aliphatic heterocycles. The highest BCUT2D eigenvalue weighted by Gasteiger charge is 2.33. The van der Waals surface area contributed by atoms with Crippen molar-refractivity contribution in [1.82, 2.24) is 0 Å². The van der Waals surface area contributed by atoms with Crippen LogP contribution in [0.15, 0.2) is 40.8 Å². The zero-order valence-corrected chi connectivity index (χ0v) is 11.5. The molecule has 21 heavy (non-hydrogen) atoms. The molecule has 0 saturated carbocycles. The van der Waals surface area contributed by atoms with E-state index in [1.54, 1.807) is 12.1 Å². The standard InChI is InChI=1S/C16H15NO4/c1-9-12(8-10-6-7-14(21-10)16(19)20)15(18)11-4-2-3-5-13(11)17-9/h2-7,9,12,17H,8H2,1H3,(H,19,20). The number of para-hydroxylation sites is 1. The Morgan fingerprint density at radius 3 is 2.76 bits per heavy atom. The molecule has 5 nitrogen and oxygen atoms in total. The summed E-state index contributed by atoms with van der Waals surface area (Å²) >= 11 is 0. The monoisotopic (exact) mass is 285 g/mol. The Balaban J connectivity index is 1.85. The highest BCUT2D eigenvalue weighted by Crippen LogP contribution is 2.30. The first kappa shape index (κ1) is 13.4. The number of carboxylic acid groups (broad SMARTS) is 1. The van der Waals surface area contributed by atoms with E-state index in [2.05, 4.69) is 5.32 Å². The fraction of sp³-hybridized carbons (Fsp3) is 0.250. The number of ketones is 1. The van der Waals surface area contributed by atoms with E-state index in [1.807, 2.05) is 25.1 Å². The van der Waals surface area contributed by atoms with Gasteiger partial charge in [-0.05, 0) is 31.2 Å². The summed E-state index contributed by atoms with van der Waals surface area (Å²) in [5, 5.41) is 12.2. The number of carbonyl (C=O) groups excluding carboxylic acids is 1. The molecule has 0 bridgehead atoms. The Morgan fingerprint density at radius 2 is 2.05 bits per heavy atom. The molecule has 3 rings (SSSR count). The van der Waals surface area contributed by atoms with Gasteiger partial charge in [0, 0.05) is 29.6 Å². The summed E-state index contributed by atoms with van der Waals surface area (Å²) in [7, 11) is 0. The van der Waals surface area contributed by atoms with Crippen LogP contribution >= 0.6 is 0 Å². The van der Waals surface area contributed by atoms with Crippen molar-refractivity contribution in [2.75, 3.05) is 5.32 Å². The van der Waals surface area contributed by atoms with Gasteiger partial charge in [0.25, 0.3) is 0 Å². The van der Waals surface area contributed by atoms with Crippen LogP contribution in [0.2, 0.25) is 0 Å². The number of furan rings is 1. The van der Waals surface area contributed by atoms with Crippen molar-refractivity contribution >= 4 is 17.4 Å². The SMILES string of the molecule is CC1Nc2ccccc2C(=O)C1Cc1ccc(C(=O)O)o1. The Morgan fingerprint density at radius 1 is 1.29 bits per heavy atom. The second kappa shape index (κ2) is 5.09. The number of Topliss-reactive ketones (excluding diaryl/α,β-unsaturated/α-hetero) is 1. The first-order valence-electron chi connectivity index (χ1n) is 6.78. The van der Waals surface area contributed by atoms with Gasteiger partial charge in [-0.2, -0.15) is 0 Å². The molecule has 108 valence electrons. The first-order valence-corrected chi connectivity index (χ1v) is 6.78. The molecule has 2 heterocycles. The summed E-state index contributed by atoms with van der Waals surface area (Å²) in [5.74, 6) is -0.904. The van der Waals surface area contributed by atoms with Crippen LogP contribution in [-0.4, -0.2) is 22.9 Å². The van der Waals surface area contributed by atoms with Crippen LogP contribution in [0.5, 0.6) is 0 Å². The number of carbonyl (C=O) groups is 2. The largest absolute Gasteiger partial charge is 0.475 e. The van der Waals surface area contributed by atoms with E-state index in [-0.39, 0.29) is 23.5 Å². The van der Waals surface area contributed by atoms with Gasteiger partial charge in [0.15, 0.2) is 5.78 Å². The van der Waals surface area contributed by atoms with Gasteiger partial charge in [-0.25, -0.2) is 4.79 Å². The lowest BCUT2D eigenvalue weighted by molar-refractivity contribution is 0.0660. The van der Waals surface area contributed by atoms with E-state index in [1.165, 1.54) is 6.07 Å². The van der Waals surface area contributed by atoms with Crippen LogP contribution < -0.4 is 5.32 Å². The second-order valence-corrected chi connectivity index (χ2v) is 5.22. The number of benzene rings is 1. The van der Waals surface area contributed by atoms with Crippen molar-refractivity contribution in [2.45, 2.75) is 19.4 Å². The number of nitrogens with one attached hydrogen (secondary N) is 1. The van der Waals surface area contributed by atoms with Crippen molar-refractivity contribution in [3.05, 3.63) is 53.5 Å². The summed E-state index contributed by atoms with van der Waals surface area (Å²) < 4.78 is 5.25. The van der Waals surface area contributed by atoms with Crippen LogP contribution in [0.3, 0.4) is 0 Å². The molecule has 0 aliphatic carbocycles. The van der Waals surface area contributed by atoms with E-state index in [4.69, 9.17) is 9.52 Å². The van der Waals surface area contributed by atoms with E-state index >= 15 is 0 Å². The van der Waals surface area contributed by atoms with Gasteiger partial charge in [-0.1, -0.05) is 12.1 Å². The van der Waals surface area contributed by atoms with Crippen molar-refractivity contribution in [1.29, 1.82) is 0 Å². The summed E-state index contributed by atoms with van der Waals surface area (Å²) in [5.41, 5.74) is 1.52. The molecular formula is C16H15NO4. The maximum atomic E-state index is 12.6. The summed E-state index contributed by atoms with van der Waals surface area (Å²) in [6, 6.07) is 10.4. The lowest BCUT2D eigenvalue weighted by Gasteiger charge is -2.30. The molecule has 2 unspecified atom stereocenters. The van der Waals surface area contributed by atoms with Crippen molar-refractivity contribution in [2.24, 2.45) is 5.92 Å². The molecule has 1 aliphatic rings. The third kappa shape index (κ3) is 2.42. The molecule has 1 aromatic heterocycles. The highest BCUT2D eigenvalue weighted by atomic mass is 16.4. The molecule has 0 amide bonds. The molecule has 1 aromatic carbocycles. The zero-order chi connectivity index (χ0) is 15.0. The first-order chi connectivity index (χ1) is 10.1. The highest BCUT2D eigenvalue weighted by molar-refractivity contribution is 6.05. The third-order valence-corrected chi connectivity index (χ3v) is 3.81. The van der Waals surface area contributed by atoms with Crippen LogP contribution in [-0.2, 0) is 6.42 Å². The lowest BCUT2D eigenvalue weighted by atomic mass is 9.84. The topological polar surface area (TPSA) is 79.5 Å². The van der Waals surface area contributed by atoms with E-state index in [0.29, 0.717) is 17.7 Å². The maximum absolute atomic E-state index is 12.6. The number of aromatic carboxylic acids is 1. The van der Waals surface area contributed by atoms with Crippen LogP contribution in [0.25, 0.3) is 0 Å². The van der Waals surface area contributed by atoms with Gasteiger partial charge in [-0.3, -0.25) is 4.79 Å². The maximum Gasteiger partial charge on any atom is 0.371 e. The number of fused-ring (bicyclic) bond motifs is 1. The molecule has 0 saturated heterocycles. The molecular weight excluding hydrogens is 270 g/mol. The normalized spacial score (nSPS) is 20.7.